The molecular formula is C25H24N2O2S. The summed E-state index contributed by atoms with van der Waals surface area (Å²) in [6, 6.07) is 28.0. The van der Waals surface area contributed by atoms with Gasteiger partial charge in [0.2, 0.25) is 10.0 Å². The number of benzene rings is 3. The summed E-state index contributed by atoms with van der Waals surface area (Å²) in [7, 11) is -3.70. The third kappa shape index (κ3) is 4.27. The van der Waals surface area contributed by atoms with Gasteiger partial charge in [-0.05, 0) is 36.8 Å². The number of aromatic nitrogens is 1. The molecule has 0 fully saturated rings. The number of nitrogens with zero attached hydrogens (tertiary/aromatic N) is 1. The van der Waals surface area contributed by atoms with Gasteiger partial charge in [0.15, 0.2) is 0 Å². The van der Waals surface area contributed by atoms with Crippen LogP contribution in [0.15, 0.2) is 95.9 Å². The largest absolute Gasteiger partial charge is 0.252 e. The molecule has 4 aromatic rings. The van der Waals surface area contributed by atoms with Crippen molar-refractivity contribution in [2.24, 2.45) is 0 Å². The van der Waals surface area contributed by atoms with Crippen molar-refractivity contribution < 1.29 is 8.42 Å². The summed E-state index contributed by atoms with van der Waals surface area (Å²) >= 11 is 0. The second-order valence-electron chi connectivity index (χ2n) is 7.54. The van der Waals surface area contributed by atoms with Crippen LogP contribution in [0.1, 0.15) is 35.7 Å². The molecule has 0 aliphatic heterocycles. The summed E-state index contributed by atoms with van der Waals surface area (Å²) in [5.41, 5.74) is 3.65. The van der Waals surface area contributed by atoms with E-state index in [-0.39, 0.29) is 10.8 Å². The second-order valence-corrected chi connectivity index (χ2v) is 9.25. The van der Waals surface area contributed by atoms with E-state index in [0.717, 1.165) is 27.7 Å². The van der Waals surface area contributed by atoms with E-state index >= 15 is 0 Å². The molecule has 1 aromatic heterocycles. The Balaban J connectivity index is 1.73. The summed E-state index contributed by atoms with van der Waals surface area (Å²) in [6.07, 6.45) is 0. The normalized spacial score (nSPS) is 13.8. The molecule has 5 heteroatoms. The fourth-order valence-corrected chi connectivity index (χ4v) is 4.88. The molecule has 3 aromatic carbocycles. The molecule has 2 unspecified atom stereocenters. The number of pyridine rings is 1. The summed E-state index contributed by atoms with van der Waals surface area (Å²) in [6.45, 7) is 3.94. The Labute approximate surface area is 177 Å². The fraction of sp³-hybridized carbons (Fsp3) is 0.160. The van der Waals surface area contributed by atoms with E-state index in [9.17, 15) is 8.42 Å². The van der Waals surface area contributed by atoms with Crippen LogP contribution in [0, 0.1) is 6.92 Å². The van der Waals surface area contributed by atoms with E-state index in [1.165, 1.54) is 0 Å². The predicted molar refractivity (Wildman–Crippen MR) is 121 cm³/mol. The van der Waals surface area contributed by atoms with E-state index in [0.29, 0.717) is 0 Å². The molecular weight excluding hydrogens is 392 g/mol. The highest BCUT2D eigenvalue weighted by Crippen LogP contribution is 2.32. The molecule has 0 spiro atoms. The number of sulfonamides is 1. The first-order valence-electron chi connectivity index (χ1n) is 9.94. The van der Waals surface area contributed by atoms with Gasteiger partial charge in [-0.1, -0.05) is 79.2 Å². The van der Waals surface area contributed by atoms with E-state index < -0.39 is 16.1 Å². The van der Waals surface area contributed by atoms with Crippen molar-refractivity contribution in [2.75, 3.05) is 0 Å². The van der Waals surface area contributed by atoms with Crippen LogP contribution in [0.2, 0.25) is 0 Å². The van der Waals surface area contributed by atoms with E-state index in [4.69, 9.17) is 4.98 Å². The van der Waals surface area contributed by atoms with Crippen molar-refractivity contribution in [2.45, 2.75) is 30.7 Å². The molecule has 1 heterocycles. The maximum atomic E-state index is 13.1. The van der Waals surface area contributed by atoms with Crippen molar-refractivity contribution in [3.63, 3.8) is 0 Å². The van der Waals surface area contributed by atoms with Gasteiger partial charge in [-0.3, -0.25) is 4.98 Å². The first-order valence-corrected chi connectivity index (χ1v) is 11.4. The quantitative estimate of drug-likeness (QED) is 0.460. The summed E-state index contributed by atoms with van der Waals surface area (Å²) in [4.78, 5) is 5.06. The molecule has 1 N–H and O–H groups in total. The molecule has 0 amide bonds. The van der Waals surface area contributed by atoms with Crippen molar-refractivity contribution in [3.8, 4) is 0 Å². The second kappa shape index (κ2) is 8.38. The Morgan fingerprint density at radius 1 is 0.800 bits per heavy atom. The minimum absolute atomic E-state index is 0.169. The minimum atomic E-state index is -3.70. The Bertz CT molecular complexity index is 1250. The molecule has 0 bridgehead atoms. The van der Waals surface area contributed by atoms with Crippen LogP contribution in [-0.4, -0.2) is 13.4 Å². The third-order valence-electron chi connectivity index (χ3n) is 5.36. The highest BCUT2D eigenvalue weighted by Gasteiger charge is 2.28. The molecule has 0 saturated carbocycles. The van der Waals surface area contributed by atoms with Crippen LogP contribution in [0.4, 0.5) is 0 Å². The lowest BCUT2D eigenvalue weighted by Gasteiger charge is -2.25. The SMILES string of the molecule is Cc1ccc(S(=O)(=O)NC(c2ccccc2)C(C)c2ccc3ccccc3n2)cc1. The number of fused-ring (bicyclic) bond motifs is 1. The lowest BCUT2D eigenvalue weighted by molar-refractivity contribution is 0.510. The maximum Gasteiger partial charge on any atom is 0.241 e. The van der Waals surface area contributed by atoms with Gasteiger partial charge in [0.1, 0.15) is 0 Å². The topological polar surface area (TPSA) is 59.1 Å². The van der Waals surface area contributed by atoms with Gasteiger partial charge >= 0.3 is 0 Å². The van der Waals surface area contributed by atoms with Crippen LogP contribution in [-0.2, 0) is 10.0 Å². The smallest absolute Gasteiger partial charge is 0.241 e. The van der Waals surface area contributed by atoms with E-state index in [1.54, 1.807) is 24.3 Å². The van der Waals surface area contributed by atoms with E-state index in [2.05, 4.69) is 4.72 Å². The lowest BCUT2D eigenvalue weighted by atomic mass is 9.92. The number of rotatable bonds is 6. The average molecular weight is 417 g/mol. The molecule has 4 rings (SSSR count). The highest BCUT2D eigenvalue weighted by atomic mass is 32.2. The zero-order valence-corrected chi connectivity index (χ0v) is 17.8. The lowest BCUT2D eigenvalue weighted by Crippen LogP contribution is -2.32. The van der Waals surface area contributed by atoms with Gasteiger partial charge in [-0.2, -0.15) is 0 Å². The first kappa shape index (κ1) is 20.3. The fourth-order valence-electron chi connectivity index (χ4n) is 3.58. The third-order valence-corrected chi connectivity index (χ3v) is 6.82. The zero-order valence-electron chi connectivity index (χ0n) is 17.0. The molecule has 0 saturated heterocycles. The number of hydrogen-bond donors (Lipinski definition) is 1. The zero-order chi connectivity index (χ0) is 21.1. The molecule has 152 valence electrons. The van der Waals surface area contributed by atoms with Crippen molar-refractivity contribution in [1.29, 1.82) is 0 Å². The molecule has 4 nitrogen and oxygen atoms in total. The van der Waals surface area contributed by atoms with Crippen LogP contribution in [0.25, 0.3) is 10.9 Å². The highest BCUT2D eigenvalue weighted by molar-refractivity contribution is 7.89. The number of hydrogen-bond acceptors (Lipinski definition) is 3. The summed E-state index contributed by atoms with van der Waals surface area (Å²) in [5.74, 6) is -0.169. The molecule has 30 heavy (non-hydrogen) atoms. The van der Waals surface area contributed by atoms with Gasteiger partial charge in [-0.25, -0.2) is 13.1 Å². The Kier molecular flexibility index (Phi) is 5.66. The summed E-state index contributed by atoms with van der Waals surface area (Å²) < 4.78 is 29.2. The standard InChI is InChI=1S/C25H24N2O2S/c1-18-12-15-22(16-13-18)30(28,29)27-25(21-9-4-3-5-10-21)19(2)23-17-14-20-8-6-7-11-24(20)26-23/h3-17,19,25,27H,1-2H3. The molecule has 2 atom stereocenters. The van der Waals surface area contributed by atoms with Gasteiger partial charge in [0.25, 0.3) is 0 Å². The van der Waals surface area contributed by atoms with Gasteiger partial charge in [-0.15, -0.1) is 0 Å². The van der Waals surface area contributed by atoms with Crippen LogP contribution >= 0.6 is 0 Å². The molecule has 0 aliphatic carbocycles. The monoisotopic (exact) mass is 416 g/mol. The Hall–Kier alpha value is -3.02. The minimum Gasteiger partial charge on any atom is -0.252 e. The summed E-state index contributed by atoms with van der Waals surface area (Å²) in [5, 5.41) is 1.06. The van der Waals surface area contributed by atoms with Crippen LogP contribution < -0.4 is 4.72 Å². The van der Waals surface area contributed by atoms with Crippen LogP contribution in [0.5, 0.6) is 0 Å². The van der Waals surface area contributed by atoms with Gasteiger partial charge in [0.05, 0.1) is 16.5 Å². The van der Waals surface area contributed by atoms with Crippen molar-refractivity contribution >= 4 is 20.9 Å². The Morgan fingerprint density at radius 3 is 2.20 bits per heavy atom. The van der Waals surface area contributed by atoms with Gasteiger partial charge in [0, 0.05) is 17.0 Å². The number of para-hydroxylation sites is 1. The Morgan fingerprint density at radius 2 is 1.47 bits per heavy atom. The predicted octanol–water partition coefficient (Wildman–Crippen LogP) is 5.37. The van der Waals surface area contributed by atoms with Crippen molar-refractivity contribution in [3.05, 3.63) is 108 Å². The number of aryl methyl sites for hydroxylation is 1. The first-order chi connectivity index (χ1) is 14.4. The van der Waals surface area contributed by atoms with Crippen LogP contribution in [0.3, 0.4) is 0 Å². The molecule has 0 radical (unpaired) electrons. The maximum absolute atomic E-state index is 13.1. The molecule has 0 aliphatic rings. The van der Waals surface area contributed by atoms with E-state index in [1.807, 2.05) is 80.6 Å². The van der Waals surface area contributed by atoms with Crippen molar-refractivity contribution in [1.82, 2.24) is 9.71 Å². The number of nitrogens with one attached hydrogen (secondary N) is 1. The van der Waals surface area contributed by atoms with Gasteiger partial charge < -0.3 is 0 Å². The average Bonchev–Trinajstić information content (AvgIpc) is 2.77.